The van der Waals surface area contributed by atoms with Gasteiger partial charge in [0.1, 0.15) is 0 Å². The Kier molecular flexibility index (Phi) is 3.57. The lowest BCUT2D eigenvalue weighted by atomic mass is 10.6. The molecule has 3 aromatic rings. The normalized spacial score (nSPS) is 12.0. The van der Waals surface area contributed by atoms with Gasteiger partial charge in [0.2, 0.25) is 0 Å². The van der Waals surface area contributed by atoms with Crippen molar-refractivity contribution in [2.75, 3.05) is 11.9 Å². The fourth-order valence-corrected chi connectivity index (χ4v) is 3.80. The van der Waals surface area contributed by atoms with Crippen LogP contribution in [-0.2, 0) is 16.6 Å². The molecule has 0 bridgehead atoms. The number of sulfonamides is 1. The summed E-state index contributed by atoms with van der Waals surface area (Å²) in [6.45, 7) is 2.39. The summed E-state index contributed by atoms with van der Waals surface area (Å²) in [5.74, 6) is 0.583. The molecule has 3 heterocycles. The number of thiazole rings is 1. The molecule has 10 nitrogen and oxygen atoms in total. The van der Waals surface area contributed by atoms with Crippen molar-refractivity contribution in [1.82, 2.24) is 34.7 Å². The molecular weight excluding hydrogens is 316 g/mol. The summed E-state index contributed by atoms with van der Waals surface area (Å²) in [7, 11) is -3.77. The number of hydrogen-bond acceptors (Lipinski definition) is 8. The molecule has 0 saturated carbocycles. The predicted octanol–water partition coefficient (Wildman–Crippen LogP) is -0.181. The van der Waals surface area contributed by atoms with Crippen molar-refractivity contribution in [3.05, 3.63) is 17.4 Å². The molecule has 0 atom stereocenters. The van der Waals surface area contributed by atoms with Crippen molar-refractivity contribution in [1.29, 1.82) is 0 Å². The molecule has 21 heavy (non-hydrogen) atoms. The molecule has 0 radical (unpaired) electrons. The third-order valence-electron chi connectivity index (χ3n) is 2.63. The van der Waals surface area contributed by atoms with Crippen LogP contribution in [0.15, 0.2) is 16.6 Å². The number of aromatic amines is 1. The van der Waals surface area contributed by atoms with Crippen molar-refractivity contribution < 1.29 is 8.42 Å². The Morgan fingerprint density at radius 3 is 3.05 bits per heavy atom. The minimum absolute atomic E-state index is 0.0538. The number of tetrazole rings is 1. The van der Waals surface area contributed by atoms with Crippen LogP contribution in [0.2, 0.25) is 0 Å². The first kappa shape index (κ1) is 13.9. The lowest BCUT2D eigenvalue weighted by molar-refractivity contribution is 0.575. The first-order valence-corrected chi connectivity index (χ1v) is 8.39. The summed E-state index contributed by atoms with van der Waals surface area (Å²) in [6.07, 6.45) is 1.66. The second kappa shape index (κ2) is 5.38. The van der Waals surface area contributed by atoms with Crippen LogP contribution in [0.1, 0.15) is 12.7 Å². The Morgan fingerprint density at radius 1 is 1.48 bits per heavy atom. The lowest BCUT2D eigenvalue weighted by Crippen LogP contribution is -2.26. The molecule has 0 aromatic carbocycles. The van der Waals surface area contributed by atoms with Crippen molar-refractivity contribution in [3.8, 4) is 0 Å². The molecule has 0 unspecified atom stereocenters. The third-order valence-corrected chi connectivity index (χ3v) is 4.81. The summed E-state index contributed by atoms with van der Waals surface area (Å²) < 4.78 is 29.0. The third kappa shape index (κ3) is 2.59. The number of hydrogen-bond donors (Lipinski definition) is 3. The average molecular weight is 328 g/mol. The maximum atomic E-state index is 12.5. The highest BCUT2D eigenvalue weighted by Gasteiger charge is 2.25. The van der Waals surface area contributed by atoms with Gasteiger partial charge in [0, 0.05) is 18.1 Å². The minimum Gasteiger partial charge on any atom is -0.368 e. The van der Waals surface area contributed by atoms with Gasteiger partial charge in [-0.3, -0.25) is 4.40 Å². The topological polar surface area (TPSA) is 130 Å². The monoisotopic (exact) mass is 328 g/mol. The number of fused-ring (bicyclic) bond motifs is 1. The molecule has 0 saturated heterocycles. The van der Waals surface area contributed by atoms with Gasteiger partial charge in [0.25, 0.3) is 10.0 Å². The molecule has 0 aliphatic carbocycles. The molecule has 0 aliphatic heterocycles. The highest BCUT2D eigenvalue weighted by Crippen LogP contribution is 2.25. The number of rotatable bonds is 6. The van der Waals surface area contributed by atoms with Crippen LogP contribution >= 0.6 is 11.3 Å². The predicted molar refractivity (Wildman–Crippen MR) is 75.4 cm³/mol. The second-order valence-electron chi connectivity index (χ2n) is 4.00. The number of aromatic nitrogens is 6. The molecule has 3 rings (SSSR count). The van der Waals surface area contributed by atoms with Gasteiger partial charge >= 0.3 is 0 Å². The zero-order valence-corrected chi connectivity index (χ0v) is 12.6. The van der Waals surface area contributed by atoms with E-state index in [1.54, 1.807) is 11.6 Å². The zero-order chi connectivity index (χ0) is 14.9. The van der Waals surface area contributed by atoms with E-state index in [0.29, 0.717) is 17.3 Å². The fourth-order valence-electron chi connectivity index (χ4n) is 1.79. The van der Waals surface area contributed by atoms with Gasteiger partial charge < -0.3 is 5.32 Å². The van der Waals surface area contributed by atoms with E-state index in [9.17, 15) is 8.42 Å². The first-order chi connectivity index (χ1) is 10.1. The maximum absolute atomic E-state index is 12.5. The highest BCUT2D eigenvalue weighted by molar-refractivity contribution is 7.89. The Bertz CT molecular complexity index is 834. The SMILES string of the molecule is CCNc1nc2sccn2c1S(=O)(=O)NCc1nn[nH]n1. The fraction of sp³-hybridized carbons (Fsp3) is 0.333. The summed E-state index contributed by atoms with van der Waals surface area (Å²) in [5.41, 5.74) is 0. The van der Waals surface area contributed by atoms with Crippen LogP contribution in [0.25, 0.3) is 4.96 Å². The average Bonchev–Trinajstić information content (AvgIpc) is 3.12. The van der Waals surface area contributed by atoms with E-state index in [1.807, 2.05) is 6.92 Å². The van der Waals surface area contributed by atoms with Gasteiger partial charge in [-0.05, 0) is 6.92 Å². The number of imidazole rings is 1. The summed E-state index contributed by atoms with van der Waals surface area (Å²) in [4.78, 5) is 4.88. The summed E-state index contributed by atoms with van der Waals surface area (Å²) >= 11 is 1.36. The van der Waals surface area contributed by atoms with Crippen LogP contribution in [0, 0.1) is 0 Å². The van der Waals surface area contributed by atoms with Crippen molar-refractivity contribution in [2.45, 2.75) is 18.5 Å². The van der Waals surface area contributed by atoms with Gasteiger partial charge in [-0.25, -0.2) is 18.1 Å². The van der Waals surface area contributed by atoms with Gasteiger partial charge in [0.05, 0.1) is 6.54 Å². The second-order valence-corrected chi connectivity index (χ2v) is 6.56. The van der Waals surface area contributed by atoms with E-state index in [1.165, 1.54) is 15.7 Å². The van der Waals surface area contributed by atoms with Crippen LogP contribution in [-0.4, -0.2) is 45.0 Å². The van der Waals surface area contributed by atoms with Gasteiger partial charge in [0.15, 0.2) is 21.6 Å². The summed E-state index contributed by atoms with van der Waals surface area (Å²) in [6, 6.07) is 0. The molecule has 3 aromatic heterocycles. The number of nitrogens with zero attached hydrogens (tertiary/aromatic N) is 5. The molecule has 0 spiro atoms. The molecule has 0 amide bonds. The van der Waals surface area contributed by atoms with Crippen LogP contribution in [0.4, 0.5) is 5.82 Å². The highest BCUT2D eigenvalue weighted by atomic mass is 32.2. The molecule has 0 aliphatic rings. The van der Waals surface area contributed by atoms with Crippen molar-refractivity contribution >= 4 is 32.1 Å². The minimum atomic E-state index is -3.77. The van der Waals surface area contributed by atoms with Crippen molar-refractivity contribution in [2.24, 2.45) is 0 Å². The zero-order valence-electron chi connectivity index (χ0n) is 10.9. The van der Waals surface area contributed by atoms with E-state index in [0.717, 1.165) is 0 Å². The maximum Gasteiger partial charge on any atom is 0.260 e. The van der Waals surface area contributed by atoms with E-state index < -0.39 is 10.0 Å². The first-order valence-electron chi connectivity index (χ1n) is 6.03. The van der Waals surface area contributed by atoms with Crippen molar-refractivity contribution in [3.63, 3.8) is 0 Å². The number of anilines is 1. The Hall–Kier alpha value is -2.05. The molecule has 12 heteroatoms. The molecule has 0 fully saturated rings. The molecule has 112 valence electrons. The van der Waals surface area contributed by atoms with Gasteiger partial charge in [-0.15, -0.1) is 21.5 Å². The Morgan fingerprint density at radius 2 is 2.33 bits per heavy atom. The quantitative estimate of drug-likeness (QED) is 0.572. The van der Waals surface area contributed by atoms with Crippen LogP contribution in [0.5, 0.6) is 0 Å². The number of H-pyrrole nitrogens is 1. The Balaban J connectivity index is 1.96. The standard InChI is InChI=1S/C9H12N8O2S2/c1-2-10-7-8(17-3-4-20-9(17)12-7)21(18,19)11-5-6-13-15-16-14-6/h3-4,10-11H,2,5H2,1H3,(H,13,14,15,16). The largest absolute Gasteiger partial charge is 0.368 e. The smallest absolute Gasteiger partial charge is 0.260 e. The lowest BCUT2D eigenvalue weighted by Gasteiger charge is -2.06. The van der Waals surface area contributed by atoms with Crippen LogP contribution < -0.4 is 10.0 Å². The number of nitrogens with one attached hydrogen (secondary N) is 3. The van der Waals surface area contributed by atoms with E-state index in [-0.39, 0.29) is 17.4 Å². The van der Waals surface area contributed by atoms with E-state index in [4.69, 9.17) is 0 Å². The Labute approximate surface area is 123 Å². The molecule has 3 N–H and O–H groups in total. The van der Waals surface area contributed by atoms with Gasteiger partial charge in [-0.1, -0.05) is 5.21 Å². The van der Waals surface area contributed by atoms with Crippen LogP contribution in [0.3, 0.4) is 0 Å². The molecular formula is C9H12N8O2S2. The van der Waals surface area contributed by atoms with Gasteiger partial charge in [-0.2, -0.15) is 5.21 Å². The van der Waals surface area contributed by atoms with E-state index >= 15 is 0 Å². The van der Waals surface area contributed by atoms with E-state index in [2.05, 4.69) is 35.6 Å². The summed E-state index contributed by atoms with van der Waals surface area (Å²) in [5, 5.41) is 17.8.